The molecule has 1 amide bonds. The first kappa shape index (κ1) is 21.4. The van der Waals surface area contributed by atoms with Crippen LogP contribution in [0.5, 0.6) is 0 Å². The minimum absolute atomic E-state index is 0.0253. The van der Waals surface area contributed by atoms with E-state index in [1.54, 1.807) is 0 Å². The van der Waals surface area contributed by atoms with Gasteiger partial charge in [-0.2, -0.15) is 0 Å². The molecule has 1 atom stereocenters. The standard InChI is InChI=1S/C14H29N5O4/c1-3-5-18-12(21)11-17-7-6-16-8-9-19-14(15-2,4-10-20)13(22)23/h10,15-17,19H,3-9,11H2,1-2H3,(H,18,21)(H,22,23). The van der Waals surface area contributed by atoms with Crippen molar-refractivity contribution in [2.24, 2.45) is 0 Å². The molecule has 0 saturated heterocycles. The highest BCUT2D eigenvalue weighted by atomic mass is 16.4. The predicted octanol–water partition coefficient (Wildman–Crippen LogP) is -2.13. The molecule has 0 aliphatic carbocycles. The van der Waals surface area contributed by atoms with E-state index in [4.69, 9.17) is 0 Å². The molecule has 6 N–H and O–H groups in total. The van der Waals surface area contributed by atoms with E-state index in [9.17, 15) is 19.5 Å². The van der Waals surface area contributed by atoms with Crippen LogP contribution in [0.4, 0.5) is 0 Å². The van der Waals surface area contributed by atoms with Gasteiger partial charge in [0.25, 0.3) is 0 Å². The lowest BCUT2D eigenvalue weighted by Crippen LogP contribution is -2.62. The Bertz CT molecular complexity index is 367. The SMILES string of the molecule is CCCNC(=O)CNCCNCCNC(CC=O)(NC)C(=O)O. The molecule has 0 aromatic rings. The van der Waals surface area contributed by atoms with Crippen molar-refractivity contribution in [1.29, 1.82) is 0 Å². The lowest BCUT2D eigenvalue weighted by molar-refractivity contribution is -0.147. The number of nitrogens with one attached hydrogen (secondary N) is 5. The lowest BCUT2D eigenvalue weighted by atomic mass is 10.1. The smallest absolute Gasteiger partial charge is 0.339 e. The summed E-state index contributed by atoms with van der Waals surface area (Å²) in [5.41, 5.74) is -1.43. The topological polar surface area (TPSA) is 132 Å². The van der Waals surface area contributed by atoms with Gasteiger partial charge in [-0.3, -0.25) is 15.4 Å². The number of rotatable bonds is 15. The van der Waals surface area contributed by atoms with Gasteiger partial charge in [0.2, 0.25) is 5.91 Å². The fraction of sp³-hybridized carbons (Fsp3) is 0.786. The van der Waals surface area contributed by atoms with Gasteiger partial charge in [-0.25, -0.2) is 4.79 Å². The zero-order valence-electron chi connectivity index (χ0n) is 13.9. The van der Waals surface area contributed by atoms with Crippen LogP contribution in [-0.4, -0.2) is 75.2 Å². The predicted molar refractivity (Wildman–Crippen MR) is 87.2 cm³/mol. The van der Waals surface area contributed by atoms with Crippen LogP contribution in [0.25, 0.3) is 0 Å². The van der Waals surface area contributed by atoms with Gasteiger partial charge < -0.3 is 25.9 Å². The molecular weight excluding hydrogens is 302 g/mol. The van der Waals surface area contributed by atoms with Crippen molar-refractivity contribution in [1.82, 2.24) is 26.6 Å². The van der Waals surface area contributed by atoms with Crippen molar-refractivity contribution in [3.63, 3.8) is 0 Å². The number of hydrogen-bond acceptors (Lipinski definition) is 7. The summed E-state index contributed by atoms with van der Waals surface area (Å²) in [4.78, 5) is 33.2. The van der Waals surface area contributed by atoms with E-state index < -0.39 is 11.6 Å². The van der Waals surface area contributed by atoms with Gasteiger partial charge in [-0.05, 0) is 13.5 Å². The van der Waals surface area contributed by atoms with Crippen molar-refractivity contribution < 1.29 is 19.5 Å². The van der Waals surface area contributed by atoms with Crippen LogP contribution < -0.4 is 26.6 Å². The van der Waals surface area contributed by atoms with E-state index in [1.807, 2.05) is 6.92 Å². The molecule has 0 rings (SSSR count). The second kappa shape index (κ2) is 12.9. The van der Waals surface area contributed by atoms with Crippen molar-refractivity contribution in [3.05, 3.63) is 0 Å². The maximum absolute atomic E-state index is 11.3. The summed E-state index contributed by atoms with van der Waals surface area (Å²) in [5.74, 6) is -1.14. The Morgan fingerprint density at radius 1 is 1.09 bits per heavy atom. The Morgan fingerprint density at radius 2 is 1.74 bits per heavy atom. The molecule has 134 valence electrons. The molecule has 0 aliphatic heterocycles. The van der Waals surface area contributed by atoms with Gasteiger partial charge in [-0.1, -0.05) is 6.92 Å². The third-order valence-electron chi connectivity index (χ3n) is 3.25. The van der Waals surface area contributed by atoms with Gasteiger partial charge in [0.15, 0.2) is 5.66 Å². The quantitative estimate of drug-likeness (QED) is 0.114. The molecule has 0 aliphatic rings. The Balaban J connectivity index is 3.73. The highest BCUT2D eigenvalue weighted by Crippen LogP contribution is 2.03. The van der Waals surface area contributed by atoms with E-state index in [1.165, 1.54) is 7.05 Å². The van der Waals surface area contributed by atoms with E-state index in [0.717, 1.165) is 6.42 Å². The first-order valence-electron chi connectivity index (χ1n) is 7.81. The highest BCUT2D eigenvalue weighted by Gasteiger charge is 2.35. The van der Waals surface area contributed by atoms with Crippen LogP contribution >= 0.6 is 0 Å². The number of carbonyl (C=O) groups is 3. The molecule has 0 radical (unpaired) electrons. The average Bonchev–Trinajstić information content (AvgIpc) is 2.53. The molecule has 9 nitrogen and oxygen atoms in total. The third kappa shape index (κ3) is 9.24. The molecule has 1 unspecified atom stereocenters. The summed E-state index contributed by atoms with van der Waals surface area (Å²) in [7, 11) is 1.49. The molecular formula is C14H29N5O4. The van der Waals surface area contributed by atoms with E-state index in [0.29, 0.717) is 39.0 Å². The highest BCUT2D eigenvalue weighted by molar-refractivity contribution is 5.81. The number of hydrogen-bond donors (Lipinski definition) is 6. The molecule has 0 bridgehead atoms. The third-order valence-corrected chi connectivity index (χ3v) is 3.25. The molecule has 0 heterocycles. The Labute approximate surface area is 137 Å². The molecule has 0 aromatic carbocycles. The molecule has 0 saturated carbocycles. The summed E-state index contributed by atoms with van der Waals surface area (Å²) in [5, 5.41) is 23.5. The molecule has 23 heavy (non-hydrogen) atoms. The minimum atomic E-state index is -1.43. The second-order valence-corrected chi connectivity index (χ2v) is 5.03. The molecule has 0 spiro atoms. The summed E-state index contributed by atoms with van der Waals surface area (Å²) in [6.07, 6.45) is 1.32. The molecule has 0 aromatic heterocycles. The largest absolute Gasteiger partial charge is 0.479 e. The second-order valence-electron chi connectivity index (χ2n) is 5.03. The maximum atomic E-state index is 11.3. The summed E-state index contributed by atoms with van der Waals surface area (Å²) in [6, 6.07) is 0. The van der Waals surface area contributed by atoms with Gasteiger partial charge in [0.1, 0.15) is 6.29 Å². The number of carbonyl (C=O) groups excluding carboxylic acids is 2. The van der Waals surface area contributed by atoms with Crippen LogP contribution in [0.3, 0.4) is 0 Å². The number of carboxylic acid groups (broad SMARTS) is 1. The van der Waals surface area contributed by atoms with E-state index in [-0.39, 0.29) is 18.9 Å². The van der Waals surface area contributed by atoms with Gasteiger partial charge in [0.05, 0.1) is 6.54 Å². The number of carboxylic acids is 1. The van der Waals surface area contributed by atoms with Crippen molar-refractivity contribution >= 4 is 18.2 Å². The van der Waals surface area contributed by atoms with Crippen LogP contribution in [-0.2, 0) is 14.4 Å². The van der Waals surface area contributed by atoms with Gasteiger partial charge in [-0.15, -0.1) is 0 Å². The fourth-order valence-electron chi connectivity index (χ4n) is 1.85. The zero-order chi connectivity index (χ0) is 17.6. The number of aldehydes is 1. The Hall–Kier alpha value is -1.55. The minimum Gasteiger partial charge on any atom is -0.479 e. The summed E-state index contributed by atoms with van der Waals surface area (Å²) < 4.78 is 0. The van der Waals surface area contributed by atoms with E-state index >= 15 is 0 Å². The summed E-state index contributed by atoms with van der Waals surface area (Å²) in [6.45, 7) is 5.16. The first-order valence-corrected chi connectivity index (χ1v) is 7.81. The number of amides is 1. The first-order chi connectivity index (χ1) is 11.0. The van der Waals surface area contributed by atoms with Crippen molar-refractivity contribution in [2.75, 3.05) is 46.3 Å². The Kier molecular flexibility index (Phi) is 12.1. The van der Waals surface area contributed by atoms with Gasteiger partial charge >= 0.3 is 5.97 Å². The molecule has 9 heteroatoms. The van der Waals surface area contributed by atoms with Gasteiger partial charge in [0, 0.05) is 39.1 Å². The monoisotopic (exact) mass is 331 g/mol. The van der Waals surface area contributed by atoms with Crippen LogP contribution in [0.1, 0.15) is 19.8 Å². The zero-order valence-corrected chi connectivity index (χ0v) is 13.9. The number of likely N-dealkylation sites (N-methyl/N-ethyl adjacent to an activating group) is 1. The van der Waals surface area contributed by atoms with Crippen molar-refractivity contribution in [3.8, 4) is 0 Å². The maximum Gasteiger partial charge on any atom is 0.339 e. The normalized spacial score (nSPS) is 13.3. The summed E-state index contributed by atoms with van der Waals surface area (Å²) >= 11 is 0. The van der Waals surface area contributed by atoms with Crippen LogP contribution in [0.15, 0.2) is 0 Å². The fourth-order valence-corrected chi connectivity index (χ4v) is 1.85. The molecule has 0 fully saturated rings. The number of aliphatic carboxylic acids is 1. The van der Waals surface area contributed by atoms with Crippen LogP contribution in [0.2, 0.25) is 0 Å². The lowest BCUT2D eigenvalue weighted by Gasteiger charge is -2.28. The van der Waals surface area contributed by atoms with E-state index in [2.05, 4.69) is 26.6 Å². The van der Waals surface area contributed by atoms with Crippen LogP contribution in [0, 0.1) is 0 Å². The average molecular weight is 331 g/mol. The van der Waals surface area contributed by atoms with Crippen molar-refractivity contribution in [2.45, 2.75) is 25.4 Å². The Morgan fingerprint density at radius 3 is 2.30 bits per heavy atom.